The number of rotatable bonds is 0. The zero-order chi connectivity index (χ0) is 12.6. The molecule has 0 heterocycles. The van der Waals surface area contributed by atoms with Gasteiger partial charge in [0.05, 0.1) is 0 Å². The average molecular weight is 273 g/mol. The van der Waals surface area contributed by atoms with E-state index in [0.717, 1.165) is 0 Å². The molecule has 8 nitrogen and oxygen atoms in total. The van der Waals surface area contributed by atoms with E-state index in [2.05, 4.69) is 58.2 Å². The number of isothiocyanates is 2. The largest absolute Gasteiger partial charge is 0.753 e. The summed E-state index contributed by atoms with van der Waals surface area (Å²) in [6.45, 7) is 0. The molecule has 0 rings (SSSR count). The van der Waals surface area contributed by atoms with Crippen LogP contribution in [0.1, 0.15) is 0 Å². The van der Waals surface area contributed by atoms with Crippen LogP contribution in [0.15, 0.2) is 0 Å². The molecule has 0 unspecified atom stereocenters. The first-order valence-electron chi connectivity index (χ1n) is 2.59. The first-order valence-corrected chi connectivity index (χ1v) is 3.40. The van der Waals surface area contributed by atoms with Gasteiger partial charge >= 0.3 is 11.9 Å². The molecule has 11 heteroatoms. The van der Waals surface area contributed by atoms with Gasteiger partial charge in [0.15, 0.2) is 0 Å². The molecule has 0 fully saturated rings. The molecule has 0 saturated carbocycles. The molecule has 0 aromatic rings. The lowest BCUT2D eigenvalue weighted by atomic mass is 11.1. The zero-order valence-corrected chi connectivity index (χ0v) is 10.0. The highest BCUT2D eigenvalue weighted by Crippen LogP contribution is 1.20. The second-order valence-corrected chi connectivity index (χ2v) is 1.55. The summed E-state index contributed by atoms with van der Waals surface area (Å²) in [5, 5.41) is 26.1. The van der Waals surface area contributed by atoms with E-state index >= 15 is 0 Å². The Kier molecular flexibility index (Phi) is 76.5. The monoisotopic (exact) mass is 272 g/mol. The summed E-state index contributed by atoms with van der Waals surface area (Å²) in [7, 11) is 0. The van der Waals surface area contributed by atoms with Gasteiger partial charge in [0.25, 0.3) is 0 Å². The molecule has 0 aliphatic carbocycles. The lowest BCUT2D eigenvalue weighted by Crippen LogP contribution is -2.51. The summed E-state index contributed by atoms with van der Waals surface area (Å²) in [4.78, 5) is 0. The fourth-order valence-electron chi connectivity index (χ4n) is 0. The standard InChI is InChI=1S/2CH5N3.2CNS.ClH/c2*2-1(3)4;2*2-1-3;/h2*(H5,2,3,4);;;1H/q;;2*-1;/p+2. The van der Waals surface area contributed by atoms with Crippen molar-refractivity contribution < 1.29 is 10.8 Å². The van der Waals surface area contributed by atoms with Crippen LogP contribution in [0.2, 0.25) is 0 Å². The van der Waals surface area contributed by atoms with Crippen LogP contribution < -0.4 is 33.8 Å². The van der Waals surface area contributed by atoms with Crippen molar-refractivity contribution in [2.45, 2.75) is 0 Å². The van der Waals surface area contributed by atoms with Crippen LogP contribution in [0.5, 0.6) is 0 Å². The van der Waals surface area contributed by atoms with Gasteiger partial charge in [0, 0.05) is 0 Å². The summed E-state index contributed by atoms with van der Waals surface area (Å²) >= 11 is 7.40. The maximum atomic E-state index is 7.13. The molecular weight excluding hydrogens is 260 g/mol. The van der Waals surface area contributed by atoms with Gasteiger partial charge in [0.2, 0.25) is 0 Å². The van der Waals surface area contributed by atoms with Crippen LogP contribution in [-0.4, -0.2) is 22.2 Å². The number of halogens is 1. The van der Waals surface area contributed by atoms with Gasteiger partial charge < -0.3 is 10.8 Å². The molecule has 0 bridgehead atoms. The van der Waals surface area contributed by atoms with E-state index in [1.807, 2.05) is 0 Å². The Morgan fingerprint density at radius 2 is 0.867 bits per heavy atom. The minimum Gasteiger partial charge on any atom is -0.753 e. The summed E-state index contributed by atoms with van der Waals surface area (Å²) in [6.07, 6.45) is 0. The van der Waals surface area contributed by atoms with Gasteiger partial charge in [-0.15, -0.1) is 12.4 Å². The Bertz CT molecular complexity index is 185. The molecule has 0 radical (unpaired) electrons. The van der Waals surface area contributed by atoms with Crippen molar-refractivity contribution in [3.63, 3.8) is 0 Å². The Balaban J connectivity index is -0.0000000293. The van der Waals surface area contributed by atoms with Gasteiger partial charge in [-0.1, -0.05) is 24.4 Å². The second kappa shape index (κ2) is 39.3. The van der Waals surface area contributed by atoms with Crippen molar-refractivity contribution in [1.29, 1.82) is 0 Å². The lowest BCUT2D eigenvalue weighted by molar-refractivity contribution is -0.117. The minimum absolute atomic E-state index is 0. The van der Waals surface area contributed by atoms with E-state index in [9.17, 15) is 0 Å². The maximum Gasteiger partial charge on any atom is 0.336 e. The zero-order valence-electron chi connectivity index (χ0n) is 7.58. The highest BCUT2D eigenvalue weighted by atomic mass is 35.5. The third-order valence-corrected chi connectivity index (χ3v) is 0. The van der Waals surface area contributed by atoms with Crippen LogP contribution in [0.4, 0.5) is 0 Å². The predicted molar refractivity (Wildman–Crippen MR) is 69.8 cm³/mol. The fourth-order valence-corrected chi connectivity index (χ4v) is 0. The Morgan fingerprint density at radius 1 is 0.867 bits per heavy atom. The molecule has 15 heavy (non-hydrogen) atoms. The van der Waals surface area contributed by atoms with Crippen LogP contribution in [-0.2, 0) is 0 Å². The predicted octanol–water partition coefficient (Wildman–Crippen LogP) is -4.22. The molecule has 0 aromatic heterocycles. The third-order valence-electron chi connectivity index (χ3n) is 0. The molecule has 0 atom stereocenters. The molecule has 12 N–H and O–H groups in total. The van der Waals surface area contributed by atoms with Crippen molar-refractivity contribution in [3.8, 4) is 0 Å². The lowest BCUT2D eigenvalue weighted by Gasteiger charge is -1.59. The summed E-state index contributed by atoms with van der Waals surface area (Å²) in [5.41, 5.74) is 18.3. The normalized spacial score (nSPS) is 4.27. The molecule has 0 amide bonds. The topological polar surface area (TPSA) is 200 Å². The number of hydrogen-bond donors (Lipinski definition) is 6. The number of thiocarbonyl (C=S) groups is 2. The van der Waals surface area contributed by atoms with Crippen LogP contribution in [0.3, 0.4) is 0 Å². The molecular formula is C4H13ClN8S2. The van der Waals surface area contributed by atoms with Gasteiger partial charge in [-0.05, 0) is 0 Å². The van der Waals surface area contributed by atoms with E-state index in [0.29, 0.717) is 0 Å². The minimum atomic E-state index is -0.0833. The average Bonchev–Trinajstić information content (AvgIpc) is 1.85. The highest BCUT2D eigenvalue weighted by Gasteiger charge is 1.64. The highest BCUT2D eigenvalue weighted by molar-refractivity contribution is 7.78. The van der Waals surface area contributed by atoms with Crippen molar-refractivity contribution in [3.05, 3.63) is 10.8 Å². The molecule has 0 aromatic carbocycles. The van der Waals surface area contributed by atoms with E-state index in [-0.39, 0.29) is 24.3 Å². The van der Waals surface area contributed by atoms with Crippen molar-refractivity contribution >= 4 is 59.1 Å². The van der Waals surface area contributed by atoms with Gasteiger partial charge in [-0.3, -0.25) is 33.8 Å². The third kappa shape index (κ3) is 549. The summed E-state index contributed by atoms with van der Waals surface area (Å²) in [5.74, 6) is -0.167. The smallest absolute Gasteiger partial charge is 0.336 e. The molecule has 0 spiro atoms. The number of nitrogens with zero attached hydrogens (tertiary/aromatic N) is 2. The number of nitrogens with two attached hydrogens (primary N) is 6. The summed E-state index contributed by atoms with van der Waals surface area (Å²) in [6, 6.07) is 0. The van der Waals surface area contributed by atoms with Crippen LogP contribution in [0, 0.1) is 0 Å². The fraction of sp³-hybridized carbons (Fsp3) is 0. The van der Waals surface area contributed by atoms with Gasteiger partial charge in [-0.25, -0.2) is 0 Å². The molecule has 0 aliphatic rings. The van der Waals surface area contributed by atoms with Gasteiger partial charge in [-0.2, -0.15) is 10.3 Å². The number of hydrogen-bond acceptors (Lipinski definition) is 2. The first kappa shape index (κ1) is 29.2. The number of guanidine groups is 2. The van der Waals surface area contributed by atoms with Gasteiger partial charge in [0.1, 0.15) is 0 Å². The van der Waals surface area contributed by atoms with Crippen LogP contribution >= 0.6 is 36.8 Å². The first-order chi connectivity index (χ1) is 6.29. The molecule has 0 aliphatic heterocycles. The van der Waals surface area contributed by atoms with E-state index < -0.39 is 0 Å². The Morgan fingerprint density at radius 3 is 0.867 bits per heavy atom. The Hall–Kier alpha value is -1.57. The Labute approximate surface area is 104 Å². The van der Waals surface area contributed by atoms with Crippen LogP contribution in [0.25, 0.3) is 10.8 Å². The molecule has 88 valence electrons. The summed E-state index contributed by atoms with van der Waals surface area (Å²) < 4.78 is 0. The maximum absolute atomic E-state index is 7.13. The van der Waals surface area contributed by atoms with Crippen molar-refractivity contribution in [2.75, 3.05) is 0 Å². The van der Waals surface area contributed by atoms with E-state index in [4.69, 9.17) is 10.8 Å². The quantitative estimate of drug-likeness (QED) is 0.146. The van der Waals surface area contributed by atoms with Crippen molar-refractivity contribution in [1.82, 2.24) is 0 Å². The van der Waals surface area contributed by atoms with E-state index in [1.54, 1.807) is 0 Å². The SMILES string of the molecule is Cl.NC(N)=[NH2+].NC(N)=[NH2+].[N-]=C=S.[N-]=C=S. The molecule has 0 saturated heterocycles. The van der Waals surface area contributed by atoms with E-state index in [1.165, 1.54) is 10.3 Å². The second-order valence-electron chi connectivity index (χ2n) is 1.18. The van der Waals surface area contributed by atoms with Crippen molar-refractivity contribution in [2.24, 2.45) is 22.9 Å².